The van der Waals surface area contributed by atoms with Crippen molar-refractivity contribution >= 4 is 74.8 Å². The summed E-state index contributed by atoms with van der Waals surface area (Å²) in [5.41, 5.74) is 7.33. The highest BCUT2D eigenvalue weighted by atomic mass is 35.5. The van der Waals surface area contributed by atoms with Crippen LogP contribution in [0.5, 0.6) is 5.75 Å². The number of imide groups is 1. The molecule has 5 atom stereocenters. The molecule has 4 unspecified atom stereocenters. The molecule has 4 N–H and O–H groups in total. The summed E-state index contributed by atoms with van der Waals surface area (Å²) in [6, 6.07) is 19.1. The second-order valence-electron chi connectivity index (χ2n) is 15.0. The average molecular weight is 868 g/mol. The van der Waals surface area contributed by atoms with Gasteiger partial charge in [0.05, 0.1) is 67.5 Å². The van der Waals surface area contributed by atoms with Crippen LogP contribution < -0.4 is 31.7 Å². The van der Waals surface area contributed by atoms with Crippen molar-refractivity contribution in [3.8, 4) is 5.75 Å². The maximum absolute atomic E-state index is 13.6. The van der Waals surface area contributed by atoms with Crippen molar-refractivity contribution in [3.05, 3.63) is 105 Å². The summed E-state index contributed by atoms with van der Waals surface area (Å²) in [4.78, 5) is 58.2. The highest BCUT2D eigenvalue weighted by molar-refractivity contribution is 8.03. The fraction of sp³-hybridized carbons (Fsp3) is 0.372. The van der Waals surface area contributed by atoms with Crippen molar-refractivity contribution in [2.45, 2.75) is 56.7 Å². The Balaban J connectivity index is 0.766. The van der Waals surface area contributed by atoms with Crippen LogP contribution in [-0.2, 0) is 23.9 Å². The van der Waals surface area contributed by atoms with Crippen LogP contribution in [0.1, 0.15) is 44.7 Å². The first-order valence-corrected chi connectivity index (χ1v) is 21.5. The van der Waals surface area contributed by atoms with E-state index in [1.807, 2.05) is 55.5 Å². The van der Waals surface area contributed by atoms with Gasteiger partial charge in [-0.05, 0) is 67.6 Å². The van der Waals surface area contributed by atoms with Gasteiger partial charge in [-0.2, -0.15) is 10.2 Å². The number of hydrogen-bond acceptors (Lipinski definition) is 14. The van der Waals surface area contributed by atoms with E-state index in [0.717, 1.165) is 27.5 Å². The van der Waals surface area contributed by atoms with Crippen molar-refractivity contribution < 1.29 is 28.6 Å². The maximum atomic E-state index is 13.6. The number of hydrogen-bond donors (Lipinski definition) is 4. The number of piperidine rings is 1. The van der Waals surface area contributed by atoms with E-state index < -0.39 is 23.6 Å². The number of fused-ring (bicyclic) bond motifs is 4. The summed E-state index contributed by atoms with van der Waals surface area (Å²) >= 11 is 7.99. The van der Waals surface area contributed by atoms with Crippen LogP contribution in [0.25, 0.3) is 10.8 Å². The molecule has 8 rings (SSSR count). The molecule has 5 heterocycles. The van der Waals surface area contributed by atoms with Gasteiger partial charge in [0.1, 0.15) is 30.4 Å². The second-order valence-corrected chi connectivity index (χ2v) is 16.5. The van der Waals surface area contributed by atoms with Crippen LogP contribution in [0.4, 0.5) is 11.4 Å². The minimum Gasteiger partial charge on any atom is -0.491 e. The molecule has 0 spiro atoms. The van der Waals surface area contributed by atoms with Crippen LogP contribution in [0.2, 0.25) is 5.02 Å². The maximum Gasteiger partial charge on any atom is 0.275 e. The Morgan fingerprint density at radius 3 is 2.59 bits per heavy atom. The van der Waals surface area contributed by atoms with Gasteiger partial charge in [0.15, 0.2) is 0 Å². The zero-order valence-corrected chi connectivity index (χ0v) is 35.2. The standard InChI is InChI=1S/C43H46ClN9O7S/c1-25-24-61-43-38(25)39(27-6-9-29(44)10-7-27)48-34(40-51-50-26(2)52(40)43)22-37(55)47-31-4-3-5-32(20-31)60-19-18-59-17-16-58-15-14-45-30-11-8-28-23-46-53(42(57)33(28)21-30)35-12-13-36(54)49-41(35)56/h3-11,20-21,23-24,34-35,38,40,43,45,51H,12-19,22H2,1-2H3,(H,47,55)(H,49,54,56)/t34-,35?,38?,40?,43?/m0/s1. The number of aliphatic imine (C=N–C) groups is 1. The zero-order chi connectivity index (χ0) is 42.5. The van der Waals surface area contributed by atoms with Gasteiger partial charge < -0.3 is 29.7 Å². The first-order chi connectivity index (χ1) is 29.6. The summed E-state index contributed by atoms with van der Waals surface area (Å²) in [5.74, 6) is 0.440. The molecule has 4 aliphatic rings. The number of nitrogens with one attached hydrogen (secondary N) is 4. The van der Waals surface area contributed by atoms with Crippen LogP contribution in [-0.4, -0.2) is 101 Å². The van der Waals surface area contributed by atoms with Gasteiger partial charge in [-0.25, -0.2) is 4.68 Å². The van der Waals surface area contributed by atoms with Crippen LogP contribution >= 0.6 is 23.4 Å². The number of amidine groups is 1. The normalized spacial score (nSPS) is 22.0. The van der Waals surface area contributed by atoms with Crippen molar-refractivity contribution in [2.75, 3.05) is 50.2 Å². The Labute approximate surface area is 361 Å². The minimum absolute atomic E-state index is 0.0302. The van der Waals surface area contributed by atoms with Gasteiger partial charge in [0, 0.05) is 40.8 Å². The van der Waals surface area contributed by atoms with Crippen molar-refractivity contribution in [3.63, 3.8) is 0 Å². The third-order valence-corrected chi connectivity index (χ3v) is 12.4. The topological polar surface area (TPSA) is 190 Å². The third kappa shape index (κ3) is 9.59. The monoisotopic (exact) mass is 867 g/mol. The fourth-order valence-electron chi connectivity index (χ4n) is 7.86. The molecular weight excluding hydrogens is 822 g/mol. The number of carbonyl (C=O) groups is 3. The highest BCUT2D eigenvalue weighted by Gasteiger charge is 2.47. The quantitative estimate of drug-likeness (QED) is 0.0882. The number of amides is 3. The van der Waals surface area contributed by atoms with E-state index >= 15 is 0 Å². The molecule has 0 aliphatic carbocycles. The number of benzene rings is 3. The van der Waals surface area contributed by atoms with Crippen LogP contribution in [0.3, 0.4) is 0 Å². The predicted octanol–water partition coefficient (Wildman–Crippen LogP) is 4.91. The van der Waals surface area contributed by atoms with Gasteiger partial charge in [-0.3, -0.25) is 34.9 Å². The minimum atomic E-state index is -0.825. The zero-order valence-electron chi connectivity index (χ0n) is 33.6. The molecule has 1 aromatic heterocycles. The van der Waals surface area contributed by atoms with E-state index in [9.17, 15) is 19.2 Å². The average Bonchev–Trinajstić information content (AvgIpc) is 3.78. The van der Waals surface area contributed by atoms with E-state index in [1.165, 1.54) is 5.57 Å². The summed E-state index contributed by atoms with van der Waals surface area (Å²) in [7, 11) is 0. The van der Waals surface area contributed by atoms with Crippen molar-refractivity contribution in [1.29, 1.82) is 0 Å². The van der Waals surface area contributed by atoms with E-state index in [4.69, 9.17) is 30.8 Å². The van der Waals surface area contributed by atoms with Gasteiger partial charge >= 0.3 is 0 Å². The molecule has 16 nitrogen and oxygen atoms in total. The van der Waals surface area contributed by atoms with Gasteiger partial charge in [-0.15, -0.1) is 11.8 Å². The number of halogens is 1. The molecule has 0 bridgehead atoms. The predicted molar refractivity (Wildman–Crippen MR) is 235 cm³/mol. The van der Waals surface area contributed by atoms with Crippen molar-refractivity contribution in [2.24, 2.45) is 16.0 Å². The Morgan fingerprint density at radius 1 is 0.967 bits per heavy atom. The van der Waals surface area contributed by atoms with Crippen molar-refractivity contribution in [1.82, 2.24) is 25.4 Å². The van der Waals surface area contributed by atoms with E-state index in [-0.39, 0.29) is 48.5 Å². The van der Waals surface area contributed by atoms with E-state index in [1.54, 1.807) is 36.2 Å². The van der Waals surface area contributed by atoms with E-state index in [0.29, 0.717) is 66.8 Å². The lowest BCUT2D eigenvalue weighted by Crippen LogP contribution is -2.51. The molecule has 1 saturated heterocycles. The summed E-state index contributed by atoms with van der Waals surface area (Å²) in [5, 5.41) is 21.3. The highest BCUT2D eigenvalue weighted by Crippen LogP contribution is 2.44. The van der Waals surface area contributed by atoms with Crippen LogP contribution in [0.15, 0.2) is 98.8 Å². The number of ether oxygens (including phenoxy) is 3. The molecule has 1 fully saturated rings. The SMILES string of the molecule is CC1=CSC2C1C(c1ccc(Cl)cc1)=N[C@@H](CC(=O)Nc1cccc(OCCOCCOCCNc3ccc4cnn(C5CCC(=O)NC5=O)c(=O)c4c3)c1)C1NN=C(C)N21. The number of nitrogens with zero attached hydrogens (tertiary/aromatic N) is 5. The molecule has 4 aromatic rings. The molecular formula is C43H46ClN9O7S. The Hall–Kier alpha value is -5.75. The van der Waals surface area contributed by atoms with Crippen LogP contribution in [0, 0.1) is 5.92 Å². The number of aromatic nitrogens is 2. The number of anilines is 2. The number of carbonyl (C=O) groups excluding carboxylic acids is 3. The lowest BCUT2D eigenvalue weighted by molar-refractivity contribution is -0.136. The first-order valence-electron chi connectivity index (χ1n) is 20.1. The largest absolute Gasteiger partial charge is 0.491 e. The first kappa shape index (κ1) is 42.0. The molecule has 3 aromatic carbocycles. The number of rotatable bonds is 16. The Bertz CT molecular complexity index is 2460. The fourth-order valence-corrected chi connectivity index (χ4v) is 9.40. The Morgan fingerprint density at radius 2 is 1.77 bits per heavy atom. The second kappa shape index (κ2) is 18.9. The third-order valence-electron chi connectivity index (χ3n) is 10.9. The molecule has 0 radical (unpaired) electrons. The summed E-state index contributed by atoms with van der Waals surface area (Å²) < 4.78 is 18.5. The number of hydrazone groups is 1. The van der Waals surface area contributed by atoms with Gasteiger partial charge in [0.25, 0.3) is 11.5 Å². The molecule has 61 heavy (non-hydrogen) atoms. The number of thioether (sulfide) groups is 1. The smallest absolute Gasteiger partial charge is 0.275 e. The van der Waals surface area contributed by atoms with Gasteiger partial charge in [0.2, 0.25) is 11.8 Å². The Kier molecular flexibility index (Phi) is 13.0. The molecule has 0 saturated carbocycles. The summed E-state index contributed by atoms with van der Waals surface area (Å²) in [6.07, 6.45) is 1.78. The molecule has 18 heteroatoms. The van der Waals surface area contributed by atoms with E-state index in [2.05, 4.69) is 48.8 Å². The lowest BCUT2D eigenvalue weighted by Gasteiger charge is -2.34. The summed E-state index contributed by atoms with van der Waals surface area (Å²) in [6.45, 7) is 6.42. The molecule has 4 aliphatic heterocycles. The molecule has 318 valence electrons. The van der Waals surface area contributed by atoms with Gasteiger partial charge in [-0.1, -0.05) is 41.4 Å². The lowest BCUT2D eigenvalue weighted by atomic mass is 9.90. The molecule has 3 amide bonds.